The lowest BCUT2D eigenvalue weighted by Crippen LogP contribution is -2.12. The van der Waals surface area contributed by atoms with Crippen molar-refractivity contribution >= 4 is 39.9 Å². The number of hydrogen-bond acceptors (Lipinski definition) is 7. The fourth-order valence-corrected chi connectivity index (χ4v) is 2.90. The molecule has 0 aliphatic heterocycles. The van der Waals surface area contributed by atoms with Crippen molar-refractivity contribution in [2.75, 3.05) is 51.1 Å². The van der Waals surface area contributed by atoms with Crippen LogP contribution in [0, 0.1) is 0 Å². The van der Waals surface area contributed by atoms with Gasteiger partial charge in [0.25, 0.3) is 0 Å². The molecule has 0 fully saturated rings. The van der Waals surface area contributed by atoms with Crippen LogP contribution in [0.4, 0.5) is 0 Å². The Morgan fingerprint density at radius 1 is 0.667 bits per heavy atom. The van der Waals surface area contributed by atoms with Gasteiger partial charge in [-0.3, -0.25) is 0 Å². The standard InChI is InChI=1S/C10H22O7S4/c11-20(12,18)9-1-3-15-5-7-17-8-6-16-4-2-10-21(13,14)19/h1-10H2,(H,11,12,18)(H,13,14,19). The van der Waals surface area contributed by atoms with E-state index in [4.69, 9.17) is 23.3 Å². The number of rotatable bonds is 14. The molecule has 0 radical (unpaired) electrons. The van der Waals surface area contributed by atoms with Gasteiger partial charge < -0.3 is 23.3 Å². The van der Waals surface area contributed by atoms with Gasteiger partial charge in [-0.05, 0) is 12.8 Å². The van der Waals surface area contributed by atoms with Gasteiger partial charge in [-0.25, -0.2) is 8.42 Å². The van der Waals surface area contributed by atoms with Crippen LogP contribution in [0.3, 0.4) is 0 Å². The quantitative estimate of drug-likeness (QED) is 0.409. The molecule has 7 nitrogen and oxygen atoms in total. The van der Waals surface area contributed by atoms with Gasteiger partial charge in [0.1, 0.15) is 17.5 Å². The monoisotopic (exact) mass is 382 g/mol. The molecule has 2 unspecified atom stereocenters. The molecule has 0 saturated carbocycles. The lowest BCUT2D eigenvalue weighted by atomic mass is 10.5. The maximum absolute atomic E-state index is 10.8. The number of hydrogen-bond donors (Lipinski definition) is 2. The highest BCUT2D eigenvalue weighted by Crippen LogP contribution is 1.92. The molecule has 0 rings (SSSR count). The van der Waals surface area contributed by atoms with Crippen molar-refractivity contribution in [3.8, 4) is 0 Å². The van der Waals surface area contributed by atoms with E-state index in [0.29, 0.717) is 52.5 Å². The molecule has 0 bridgehead atoms. The van der Waals surface area contributed by atoms with Gasteiger partial charge >= 0.3 is 0 Å². The maximum Gasteiger partial charge on any atom is 0.141 e. The van der Waals surface area contributed by atoms with E-state index in [1.807, 2.05) is 0 Å². The van der Waals surface area contributed by atoms with Crippen LogP contribution in [0.15, 0.2) is 0 Å². The molecule has 11 heteroatoms. The zero-order chi connectivity index (χ0) is 16.2. The molecule has 128 valence electrons. The first-order valence-corrected chi connectivity index (χ1v) is 11.6. The normalized spacial score (nSPS) is 17.2. The molecule has 0 spiro atoms. The Balaban J connectivity index is 3.16. The van der Waals surface area contributed by atoms with Crippen molar-refractivity contribution in [3.05, 3.63) is 0 Å². The van der Waals surface area contributed by atoms with Crippen molar-refractivity contribution in [2.24, 2.45) is 0 Å². The van der Waals surface area contributed by atoms with E-state index in [-0.39, 0.29) is 11.5 Å². The first kappa shape index (κ1) is 21.5. The summed E-state index contributed by atoms with van der Waals surface area (Å²) in [5, 5.41) is 0. The van der Waals surface area contributed by atoms with Gasteiger partial charge in [0.2, 0.25) is 0 Å². The average Bonchev–Trinajstić information content (AvgIpc) is 2.32. The van der Waals surface area contributed by atoms with Gasteiger partial charge in [0.15, 0.2) is 0 Å². The van der Waals surface area contributed by atoms with Crippen LogP contribution < -0.4 is 0 Å². The van der Waals surface area contributed by atoms with Crippen molar-refractivity contribution in [1.82, 2.24) is 0 Å². The molecule has 0 aromatic rings. The van der Waals surface area contributed by atoms with Crippen LogP contribution in [-0.2, 0) is 54.1 Å². The summed E-state index contributed by atoms with van der Waals surface area (Å²) in [6, 6.07) is 0. The molecule has 0 amide bonds. The highest BCUT2D eigenvalue weighted by molar-refractivity contribution is 8.30. The zero-order valence-corrected chi connectivity index (χ0v) is 14.9. The molecule has 2 atom stereocenters. The predicted molar refractivity (Wildman–Crippen MR) is 87.7 cm³/mol. The molecule has 0 aromatic carbocycles. The summed E-state index contributed by atoms with van der Waals surface area (Å²) in [6.45, 7) is 2.34. The molecule has 0 aliphatic rings. The van der Waals surface area contributed by atoms with E-state index in [1.54, 1.807) is 0 Å². The molecule has 2 N–H and O–H groups in total. The zero-order valence-electron chi connectivity index (χ0n) is 11.6. The second-order valence-corrected chi connectivity index (χ2v) is 10.4. The van der Waals surface area contributed by atoms with Crippen LogP contribution in [0.2, 0.25) is 0 Å². The lowest BCUT2D eigenvalue weighted by Gasteiger charge is -2.06. The molecular formula is C10H22O7S4. The summed E-state index contributed by atoms with van der Waals surface area (Å²) in [5.74, 6) is 0.114. The Kier molecular flexibility index (Phi) is 12.3. The third kappa shape index (κ3) is 20.5. The predicted octanol–water partition coefficient (Wildman–Crippen LogP) is 0.255. The SMILES string of the molecule is O=S(O)(=S)CCCOCCOCCOCCCS(=O)(O)=S. The van der Waals surface area contributed by atoms with E-state index in [0.717, 1.165) is 0 Å². The average molecular weight is 383 g/mol. The Bertz CT molecular complexity index is 404. The van der Waals surface area contributed by atoms with Gasteiger partial charge in [-0.2, -0.15) is 0 Å². The number of ether oxygens (including phenoxy) is 3. The van der Waals surface area contributed by atoms with Gasteiger partial charge in [-0.1, -0.05) is 0 Å². The topological polar surface area (TPSA) is 102 Å². The Labute approximate surface area is 135 Å². The highest BCUT2D eigenvalue weighted by atomic mass is 32.8. The molecule has 0 aliphatic carbocycles. The van der Waals surface area contributed by atoms with Crippen molar-refractivity contribution in [2.45, 2.75) is 12.8 Å². The molecular weight excluding hydrogens is 360 g/mol. The van der Waals surface area contributed by atoms with Crippen molar-refractivity contribution in [3.63, 3.8) is 0 Å². The van der Waals surface area contributed by atoms with Crippen molar-refractivity contribution < 1.29 is 31.7 Å². The highest BCUT2D eigenvalue weighted by Gasteiger charge is 2.00. The summed E-state index contributed by atoms with van der Waals surface area (Å²) < 4.78 is 54.8. The second-order valence-electron chi connectivity index (χ2n) is 4.12. The first-order valence-electron chi connectivity index (χ1n) is 6.34. The minimum atomic E-state index is -3.08. The Hall–Kier alpha value is 0.540. The third-order valence-electron chi connectivity index (χ3n) is 2.13. The van der Waals surface area contributed by atoms with Crippen LogP contribution >= 0.6 is 0 Å². The van der Waals surface area contributed by atoms with Crippen molar-refractivity contribution in [1.29, 1.82) is 0 Å². The second kappa shape index (κ2) is 12.0. The first-order chi connectivity index (χ1) is 9.71. The maximum atomic E-state index is 10.8. The minimum absolute atomic E-state index is 0.0571. The Morgan fingerprint density at radius 3 is 1.24 bits per heavy atom. The van der Waals surface area contributed by atoms with Crippen LogP contribution in [0.25, 0.3) is 0 Å². The molecule has 21 heavy (non-hydrogen) atoms. The van der Waals surface area contributed by atoms with Crippen LogP contribution in [0.5, 0.6) is 0 Å². The van der Waals surface area contributed by atoms with Gasteiger partial charge in [0, 0.05) is 35.6 Å². The van der Waals surface area contributed by atoms with Gasteiger partial charge in [-0.15, -0.1) is 0 Å². The van der Waals surface area contributed by atoms with E-state index in [1.165, 1.54) is 0 Å². The molecule has 0 saturated heterocycles. The molecule has 0 heterocycles. The fourth-order valence-electron chi connectivity index (χ4n) is 1.23. The van der Waals surface area contributed by atoms with Crippen LogP contribution in [-0.4, -0.2) is 68.7 Å². The van der Waals surface area contributed by atoms with E-state index in [9.17, 15) is 8.42 Å². The summed E-state index contributed by atoms with van der Waals surface area (Å²) in [5.41, 5.74) is 0. The summed E-state index contributed by atoms with van der Waals surface area (Å²) >= 11 is 8.67. The smallest absolute Gasteiger partial charge is 0.141 e. The Morgan fingerprint density at radius 2 is 0.952 bits per heavy atom. The lowest BCUT2D eigenvalue weighted by molar-refractivity contribution is 0.0149. The van der Waals surface area contributed by atoms with E-state index in [2.05, 4.69) is 22.4 Å². The van der Waals surface area contributed by atoms with Crippen LogP contribution in [0.1, 0.15) is 12.8 Å². The third-order valence-corrected chi connectivity index (χ3v) is 4.74. The van der Waals surface area contributed by atoms with Gasteiger partial charge in [0.05, 0.1) is 37.9 Å². The van der Waals surface area contributed by atoms with E-state index >= 15 is 0 Å². The summed E-state index contributed by atoms with van der Waals surface area (Å²) in [7, 11) is -6.16. The molecule has 0 aromatic heterocycles. The summed E-state index contributed by atoms with van der Waals surface area (Å²) in [4.78, 5) is 0. The summed E-state index contributed by atoms with van der Waals surface area (Å²) in [6.07, 6.45) is 0.887. The largest absolute Gasteiger partial charge is 0.379 e. The minimum Gasteiger partial charge on any atom is -0.379 e. The van der Waals surface area contributed by atoms with E-state index < -0.39 is 17.5 Å². The fraction of sp³-hybridized carbons (Fsp3) is 1.00.